The van der Waals surface area contributed by atoms with Gasteiger partial charge in [0.05, 0.1) is 0 Å². The molecular formula is C9H8O5. The van der Waals surface area contributed by atoms with Crippen molar-refractivity contribution in [2.45, 2.75) is 6.92 Å². The first kappa shape index (κ1) is 10.0. The molecule has 5 heteroatoms. The van der Waals surface area contributed by atoms with Crippen LogP contribution in [-0.2, 0) is 4.79 Å². The lowest BCUT2D eigenvalue weighted by molar-refractivity contribution is -0.113. The highest BCUT2D eigenvalue weighted by molar-refractivity contribution is 6.44. The van der Waals surface area contributed by atoms with Crippen molar-refractivity contribution in [2.24, 2.45) is 0 Å². The van der Waals surface area contributed by atoms with Gasteiger partial charge in [-0.25, -0.2) is 0 Å². The molecule has 14 heavy (non-hydrogen) atoms. The zero-order valence-electron chi connectivity index (χ0n) is 7.31. The first-order chi connectivity index (χ1) is 6.43. The minimum Gasteiger partial charge on any atom is -0.508 e. The van der Waals surface area contributed by atoms with Gasteiger partial charge >= 0.3 is 0 Å². The van der Waals surface area contributed by atoms with E-state index in [0.717, 1.165) is 19.1 Å². The molecule has 0 spiro atoms. The van der Waals surface area contributed by atoms with Crippen molar-refractivity contribution >= 4 is 11.6 Å². The van der Waals surface area contributed by atoms with E-state index in [-0.39, 0.29) is 5.75 Å². The van der Waals surface area contributed by atoms with Crippen molar-refractivity contribution in [1.82, 2.24) is 0 Å². The molecule has 74 valence electrons. The Labute approximate surface area is 79.2 Å². The Morgan fingerprint density at radius 3 is 1.86 bits per heavy atom. The van der Waals surface area contributed by atoms with E-state index in [1.54, 1.807) is 0 Å². The second-order valence-corrected chi connectivity index (χ2v) is 2.74. The van der Waals surface area contributed by atoms with Gasteiger partial charge < -0.3 is 15.3 Å². The summed E-state index contributed by atoms with van der Waals surface area (Å²) in [5.41, 5.74) is -0.490. The van der Waals surface area contributed by atoms with Gasteiger partial charge in [-0.1, -0.05) is 0 Å². The summed E-state index contributed by atoms with van der Waals surface area (Å²) in [6, 6.07) is 1.74. The SMILES string of the molecule is CC(=O)C(=O)c1c(O)cc(O)cc1O. The molecular weight excluding hydrogens is 188 g/mol. The minimum atomic E-state index is -1.00. The summed E-state index contributed by atoms with van der Waals surface area (Å²) in [6.45, 7) is 1.02. The number of Topliss-reactive ketones (excluding diaryl/α,β-unsaturated/α-hetero) is 2. The predicted octanol–water partition coefficient (Wildman–Crippen LogP) is 0.575. The number of carbonyl (C=O) groups is 2. The van der Waals surface area contributed by atoms with Gasteiger partial charge in [-0.15, -0.1) is 0 Å². The van der Waals surface area contributed by atoms with E-state index in [2.05, 4.69) is 0 Å². The van der Waals surface area contributed by atoms with Crippen LogP contribution in [0.4, 0.5) is 0 Å². The summed E-state index contributed by atoms with van der Waals surface area (Å²) in [7, 11) is 0. The van der Waals surface area contributed by atoms with Gasteiger partial charge in [0.25, 0.3) is 0 Å². The number of phenolic OH excluding ortho intramolecular Hbond substituents is 3. The lowest BCUT2D eigenvalue weighted by Crippen LogP contribution is -2.10. The number of aromatic hydroxyl groups is 3. The third-order valence-electron chi connectivity index (χ3n) is 1.63. The normalized spacial score (nSPS) is 9.79. The van der Waals surface area contributed by atoms with Crippen LogP contribution in [0, 0.1) is 0 Å². The van der Waals surface area contributed by atoms with Crippen LogP contribution in [0.25, 0.3) is 0 Å². The van der Waals surface area contributed by atoms with Gasteiger partial charge in [-0.2, -0.15) is 0 Å². The lowest BCUT2D eigenvalue weighted by atomic mass is 10.1. The number of benzene rings is 1. The highest BCUT2D eigenvalue weighted by atomic mass is 16.3. The molecule has 1 rings (SSSR count). The van der Waals surface area contributed by atoms with Crippen molar-refractivity contribution in [2.75, 3.05) is 0 Å². The number of hydrogen-bond donors (Lipinski definition) is 3. The average molecular weight is 196 g/mol. The quantitative estimate of drug-likeness (QED) is 0.475. The predicted molar refractivity (Wildman–Crippen MR) is 46.4 cm³/mol. The standard InChI is InChI=1S/C9H8O5/c1-4(10)9(14)8-6(12)2-5(11)3-7(8)13/h2-3,11-13H,1H3. The second kappa shape index (κ2) is 3.37. The van der Waals surface area contributed by atoms with E-state index in [1.165, 1.54) is 0 Å². The molecule has 0 saturated carbocycles. The lowest BCUT2D eigenvalue weighted by Gasteiger charge is -2.04. The van der Waals surface area contributed by atoms with Gasteiger partial charge in [-0.3, -0.25) is 9.59 Å². The van der Waals surface area contributed by atoms with Crippen LogP contribution in [0.3, 0.4) is 0 Å². The van der Waals surface area contributed by atoms with Crippen LogP contribution in [-0.4, -0.2) is 26.9 Å². The maximum absolute atomic E-state index is 11.1. The number of hydrogen-bond acceptors (Lipinski definition) is 5. The smallest absolute Gasteiger partial charge is 0.235 e. The summed E-state index contributed by atoms with van der Waals surface area (Å²) in [5.74, 6) is -3.44. The number of ketones is 2. The van der Waals surface area contributed by atoms with E-state index in [0.29, 0.717) is 0 Å². The van der Waals surface area contributed by atoms with Crippen LogP contribution in [0.5, 0.6) is 17.2 Å². The molecule has 3 N–H and O–H groups in total. The fourth-order valence-corrected chi connectivity index (χ4v) is 1.01. The molecule has 0 saturated heterocycles. The Balaban J connectivity index is 3.35. The molecule has 0 amide bonds. The first-order valence-electron chi connectivity index (χ1n) is 3.73. The summed E-state index contributed by atoms with van der Waals surface area (Å²) in [4.78, 5) is 21.8. The molecule has 0 aromatic heterocycles. The molecule has 0 atom stereocenters. The summed E-state index contributed by atoms with van der Waals surface area (Å²) in [5, 5.41) is 27.3. The highest BCUT2D eigenvalue weighted by Crippen LogP contribution is 2.32. The van der Waals surface area contributed by atoms with Gasteiger partial charge in [0.15, 0.2) is 0 Å². The summed E-state index contributed by atoms with van der Waals surface area (Å²) >= 11 is 0. The van der Waals surface area contributed by atoms with Gasteiger partial charge in [0.1, 0.15) is 22.8 Å². The van der Waals surface area contributed by atoms with Crippen LogP contribution in [0.2, 0.25) is 0 Å². The number of carbonyl (C=O) groups excluding carboxylic acids is 2. The fraction of sp³-hybridized carbons (Fsp3) is 0.111. The topological polar surface area (TPSA) is 94.8 Å². The summed E-state index contributed by atoms with van der Waals surface area (Å²) in [6.07, 6.45) is 0. The maximum atomic E-state index is 11.1. The molecule has 1 aromatic rings. The molecule has 0 aliphatic rings. The Bertz CT molecular complexity index is 385. The Morgan fingerprint density at radius 2 is 1.50 bits per heavy atom. The average Bonchev–Trinajstić information content (AvgIpc) is 2.01. The van der Waals surface area contributed by atoms with Gasteiger partial charge in [0, 0.05) is 19.1 Å². The van der Waals surface area contributed by atoms with Crippen LogP contribution < -0.4 is 0 Å². The highest BCUT2D eigenvalue weighted by Gasteiger charge is 2.20. The third-order valence-corrected chi connectivity index (χ3v) is 1.63. The van der Waals surface area contributed by atoms with Crippen LogP contribution in [0.1, 0.15) is 17.3 Å². The zero-order chi connectivity index (χ0) is 10.9. The Kier molecular flexibility index (Phi) is 2.42. The van der Waals surface area contributed by atoms with Crippen molar-refractivity contribution in [3.8, 4) is 17.2 Å². The Hall–Kier alpha value is -2.04. The van der Waals surface area contributed by atoms with Crippen molar-refractivity contribution in [3.63, 3.8) is 0 Å². The molecule has 0 aliphatic carbocycles. The van der Waals surface area contributed by atoms with E-state index in [4.69, 9.17) is 5.11 Å². The zero-order valence-corrected chi connectivity index (χ0v) is 7.31. The van der Waals surface area contributed by atoms with E-state index < -0.39 is 28.6 Å². The van der Waals surface area contributed by atoms with E-state index in [1.807, 2.05) is 0 Å². The fourth-order valence-electron chi connectivity index (χ4n) is 1.01. The van der Waals surface area contributed by atoms with E-state index in [9.17, 15) is 19.8 Å². The molecule has 0 bridgehead atoms. The number of phenols is 3. The Morgan fingerprint density at radius 1 is 1.07 bits per heavy atom. The van der Waals surface area contributed by atoms with Crippen LogP contribution >= 0.6 is 0 Å². The van der Waals surface area contributed by atoms with Crippen LogP contribution in [0.15, 0.2) is 12.1 Å². The summed E-state index contributed by atoms with van der Waals surface area (Å²) < 4.78 is 0. The molecule has 0 heterocycles. The van der Waals surface area contributed by atoms with Crippen molar-refractivity contribution in [3.05, 3.63) is 17.7 Å². The molecule has 0 unspecified atom stereocenters. The molecule has 0 radical (unpaired) electrons. The molecule has 1 aromatic carbocycles. The first-order valence-corrected chi connectivity index (χ1v) is 3.73. The number of rotatable bonds is 2. The maximum Gasteiger partial charge on any atom is 0.235 e. The molecule has 0 aliphatic heterocycles. The van der Waals surface area contributed by atoms with Crippen molar-refractivity contribution < 1.29 is 24.9 Å². The molecule has 5 nitrogen and oxygen atoms in total. The van der Waals surface area contributed by atoms with Gasteiger partial charge in [0.2, 0.25) is 11.6 Å². The third kappa shape index (κ3) is 1.66. The molecule has 0 fully saturated rings. The monoisotopic (exact) mass is 196 g/mol. The van der Waals surface area contributed by atoms with Gasteiger partial charge in [-0.05, 0) is 0 Å². The van der Waals surface area contributed by atoms with Crippen molar-refractivity contribution in [1.29, 1.82) is 0 Å². The minimum absolute atomic E-state index is 0.389. The second-order valence-electron chi connectivity index (χ2n) is 2.74. The van der Waals surface area contributed by atoms with E-state index >= 15 is 0 Å². The largest absolute Gasteiger partial charge is 0.508 e.